The Hall–Kier alpha value is -6.90. The van der Waals surface area contributed by atoms with Crippen LogP contribution >= 0.6 is 0 Å². The second-order valence-electron chi connectivity index (χ2n) is 16.8. The summed E-state index contributed by atoms with van der Waals surface area (Å²) in [4.78, 5) is 2.43. The van der Waals surface area contributed by atoms with Gasteiger partial charge in [0.2, 0.25) is 0 Å². The normalized spacial score (nSPS) is 15.6. The van der Waals surface area contributed by atoms with Crippen LogP contribution in [0.25, 0.3) is 33.4 Å². The molecule has 292 valence electrons. The van der Waals surface area contributed by atoms with Gasteiger partial charge in [-0.05, 0) is 137 Å². The molecule has 3 aliphatic rings. The number of hydrogen-bond donors (Lipinski definition) is 0. The van der Waals surface area contributed by atoms with E-state index in [1.807, 2.05) is 0 Å². The molecule has 10 rings (SSSR count). The number of benzene rings is 7. The molecule has 2 aliphatic carbocycles. The number of ether oxygens (including phenoxy) is 1. The average Bonchev–Trinajstić information content (AvgIpc) is 3.63. The van der Waals surface area contributed by atoms with Crippen molar-refractivity contribution >= 4 is 17.1 Å². The molecular formula is C58H49NO. The number of fused-ring (bicyclic) bond motifs is 7. The van der Waals surface area contributed by atoms with Gasteiger partial charge in [0.1, 0.15) is 11.5 Å². The molecule has 2 heteroatoms. The molecule has 0 radical (unpaired) electrons. The van der Waals surface area contributed by atoms with Gasteiger partial charge < -0.3 is 9.64 Å². The summed E-state index contributed by atoms with van der Waals surface area (Å²) in [6, 6.07) is 59.9. The van der Waals surface area contributed by atoms with Gasteiger partial charge in [0.05, 0.1) is 11.1 Å². The fraction of sp³-hybridized carbons (Fsp3) is 0.138. The van der Waals surface area contributed by atoms with Crippen molar-refractivity contribution in [3.05, 3.63) is 233 Å². The number of hydrogen-bond acceptors (Lipinski definition) is 2. The molecule has 7 aromatic rings. The van der Waals surface area contributed by atoms with E-state index < -0.39 is 5.41 Å². The molecule has 0 N–H and O–H groups in total. The zero-order chi connectivity index (χ0) is 41.2. The zero-order valence-corrected chi connectivity index (χ0v) is 35.3. The van der Waals surface area contributed by atoms with Gasteiger partial charge in [-0.3, -0.25) is 0 Å². The molecule has 0 atom stereocenters. The fourth-order valence-electron chi connectivity index (χ4n) is 10.3. The minimum absolute atomic E-state index is 0.120. The van der Waals surface area contributed by atoms with Crippen LogP contribution in [0, 0.1) is 0 Å². The minimum atomic E-state index is -0.508. The highest BCUT2D eigenvalue weighted by atomic mass is 16.5. The summed E-state index contributed by atoms with van der Waals surface area (Å²) in [7, 11) is 0. The summed E-state index contributed by atoms with van der Waals surface area (Å²) in [5.41, 5.74) is 20.3. The lowest BCUT2D eigenvalue weighted by Gasteiger charge is -2.41. The van der Waals surface area contributed by atoms with Gasteiger partial charge in [-0.2, -0.15) is 0 Å². The van der Waals surface area contributed by atoms with E-state index in [0.29, 0.717) is 0 Å². The van der Waals surface area contributed by atoms with Crippen molar-refractivity contribution in [3.8, 4) is 44.9 Å². The highest BCUT2D eigenvalue weighted by molar-refractivity contribution is 5.91. The van der Waals surface area contributed by atoms with Crippen molar-refractivity contribution in [1.29, 1.82) is 0 Å². The van der Waals surface area contributed by atoms with Crippen LogP contribution in [0.3, 0.4) is 0 Å². The molecule has 0 saturated heterocycles. The van der Waals surface area contributed by atoms with E-state index in [1.165, 1.54) is 66.8 Å². The van der Waals surface area contributed by atoms with Crippen LogP contribution in [-0.2, 0) is 10.8 Å². The van der Waals surface area contributed by atoms with Gasteiger partial charge in [0, 0.05) is 33.5 Å². The SMILES string of the molecule is C/C=C\C1=C(C)C(C)=C(/C=C\C)C12c1ccccc1Oc1ccc(-c3ccc(N(c4ccc5c(c4)C(C)(C)c4ccccc4-5)c4ccccc4-c4ccccc4)cc3)cc12. The maximum Gasteiger partial charge on any atom is 0.132 e. The second kappa shape index (κ2) is 14.4. The molecule has 0 aromatic heterocycles. The third kappa shape index (κ3) is 5.54. The van der Waals surface area contributed by atoms with E-state index in [2.05, 4.69) is 235 Å². The predicted octanol–water partition coefficient (Wildman–Crippen LogP) is 16.0. The van der Waals surface area contributed by atoms with Gasteiger partial charge >= 0.3 is 0 Å². The lowest BCUT2D eigenvalue weighted by molar-refractivity contribution is 0.435. The lowest BCUT2D eigenvalue weighted by Crippen LogP contribution is -2.33. The molecule has 0 saturated carbocycles. The third-order valence-corrected chi connectivity index (χ3v) is 13.3. The van der Waals surface area contributed by atoms with Crippen molar-refractivity contribution in [3.63, 3.8) is 0 Å². The zero-order valence-electron chi connectivity index (χ0n) is 35.3. The van der Waals surface area contributed by atoms with Gasteiger partial charge in [-0.15, -0.1) is 0 Å². The Morgan fingerprint density at radius 1 is 0.450 bits per heavy atom. The van der Waals surface area contributed by atoms with Crippen molar-refractivity contribution in [2.24, 2.45) is 0 Å². The maximum atomic E-state index is 6.74. The van der Waals surface area contributed by atoms with Crippen molar-refractivity contribution in [2.75, 3.05) is 4.90 Å². The molecule has 1 aliphatic heterocycles. The summed E-state index contributed by atoms with van der Waals surface area (Å²) in [6.07, 6.45) is 8.97. The molecule has 1 spiro atoms. The van der Waals surface area contributed by atoms with Gasteiger partial charge in [0.25, 0.3) is 0 Å². The smallest absolute Gasteiger partial charge is 0.132 e. The first-order valence-electron chi connectivity index (χ1n) is 21.2. The van der Waals surface area contributed by atoms with E-state index in [9.17, 15) is 0 Å². The standard InChI is InChI=1S/C58H49NO/c1-7-18-48-38(3)39(4)49(19-8-2)58(48)51-25-15-17-27-55(51)60-56-35-30-42(36-53(56)58)40-28-31-43(32-29-40)59(54-26-16-13-22-45(54)41-20-10-9-11-21-41)44-33-34-47-46-23-12-14-24-50(46)57(5,6)52(47)37-44/h7-37H,1-6H3/b18-7-,19-8-. The van der Waals surface area contributed by atoms with Crippen LogP contribution in [0.1, 0.15) is 63.8 Å². The van der Waals surface area contributed by atoms with Crippen molar-refractivity contribution in [2.45, 2.75) is 52.4 Å². The highest BCUT2D eigenvalue weighted by Gasteiger charge is 2.51. The molecule has 2 nitrogen and oxygen atoms in total. The summed E-state index contributed by atoms with van der Waals surface area (Å²) in [6.45, 7) is 13.5. The first-order chi connectivity index (χ1) is 29.3. The van der Waals surface area contributed by atoms with Gasteiger partial charge in [-0.1, -0.05) is 153 Å². The lowest BCUT2D eigenvalue weighted by atomic mass is 9.64. The number of nitrogens with zero attached hydrogens (tertiary/aromatic N) is 1. The number of allylic oxidation sites excluding steroid dienone is 8. The van der Waals surface area contributed by atoms with E-state index in [4.69, 9.17) is 4.74 Å². The molecule has 7 aromatic carbocycles. The Kier molecular flexibility index (Phi) is 8.99. The van der Waals surface area contributed by atoms with Crippen LogP contribution in [0.2, 0.25) is 0 Å². The van der Waals surface area contributed by atoms with Crippen LogP contribution in [0.4, 0.5) is 17.1 Å². The molecule has 0 bridgehead atoms. The number of anilines is 3. The number of para-hydroxylation sites is 2. The van der Waals surface area contributed by atoms with E-state index in [1.54, 1.807) is 0 Å². The molecule has 0 amide bonds. The predicted molar refractivity (Wildman–Crippen MR) is 252 cm³/mol. The summed E-state index contributed by atoms with van der Waals surface area (Å²) >= 11 is 0. The Balaban J connectivity index is 1.13. The fourth-order valence-corrected chi connectivity index (χ4v) is 10.3. The summed E-state index contributed by atoms with van der Waals surface area (Å²) in [5.74, 6) is 1.80. The van der Waals surface area contributed by atoms with Crippen LogP contribution in [-0.4, -0.2) is 0 Å². The molecule has 60 heavy (non-hydrogen) atoms. The Labute approximate surface area is 355 Å². The molecular weight excluding hydrogens is 727 g/mol. The average molecular weight is 776 g/mol. The summed E-state index contributed by atoms with van der Waals surface area (Å²) < 4.78 is 6.74. The minimum Gasteiger partial charge on any atom is -0.457 e. The van der Waals surface area contributed by atoms with Gasteiger partial charge in [0.15, 0.2) is 0 Å². The second-order valence-corrected chi connectivity index (χ2v) is 16.8. The third-order valence-electron chi connectivity index (χ3n) is 13.3. The van der Waals surface area contributed by atoms with E-state index in [-0.39, 0.29) is 5.41 Å². The number of rotatable bonds is 7. The van der Waals surface area contributed by atoms with Gasteiger partial charge in [-0.25, -0.2) is 0 Å². The first kappa shape index (κ1) is 37.4. The Morgan fingerprint density at radius 3 is 1.73 bits per heavy atom. The van der Waals surface area contributed by atoms with Crippen LogP contribution in [0.5, 0.6) is 11.5 Å². The van der Waals surface area contributed by atoms with Crippen molar-refractivity contribution < 1.29 is 4.74 Å². The molecule has 0 fully saturated rings. The monoisotopic (exact) mass is 775 g/mol. The summed E-state index contributed by atoms with van der Waals surface area (Å²) in [5, 5.41) is 0. The van der Waals surface area contributed by atoms with Crippen LogP contribution < -0.4 is 9.64 Å². The van der Waals surface area contributed by atoms with Crippen molar-refractivity contribution in [1.82, 2.24) is 0 Å². The van der Waals surface area contributed by atoms with E-state index >= 15 is 0 Å². The first-order valence-corrected chi connectivity index (χ1v) is 21.2. The van der Waals surface area contributed by atoms with E-state index in [0.717, 1.165) is 39.7 Å². The molecule has 1 heterocycles. The Morgan fingerprint density at radius 2 is 1.02 bits per heavy atom. The quantitative estimate of drug-likeness (QED) is 0.160. The van der Waals surface area contributed by atoms with Crippen LogP contribution in [0.15, 0.2) is 210 Å². The maximum absolute atomic E-state index is 6.74. The topological polar surface area (TPSA) is 12.5 Å². The Bertz CT molecular complexity index is 2920. The largest absolute Gasteiger partial charge is 0.457 e. The molecule has 0 unspecified atom stereocenters. The highest BCUT2D eigenvalue weighted by Crippen LogP contribution is 2.61.